The van der Waals surface area contributed by atoms with Crippen LogP contribution >= 0.6 is 0 Å². The summed E-state index contributed by atoms with van der Waals surface area (Å²) in [6, 6.07) is 0.198. The van der Waals surface area contributed by atoms with E-state index >= 15 is 0 Å². The van der Waals surface area contributed by atoms with Gasteiger partial charge in [0.15, 0.2) is 5.03 Å². The second kappa shape index (κ2) is 4.04. The standard InChI is InChI=1S/C11H17N3O3S/c1-8(2)13-5-11(12-7-13)18(15,16)14-4-10-3-9(14)6-17-10/h5,7-10H,3-4,6H2,1-2H3. The van der Waals surface area contributed by atoms with E-state index in [2.05, 4.69) is 4.98 Å². The van der Waals surface area contributed by atoms with Gasteiger partial charge in [0.2, 0.25) is 0 Å². The van der Waals surface area contributed by atoms with E-state index in [4.69, 9.17) is 4.74 Å². The van der Waals surface area contributed by atoms with Crippen LogP contribution in [-0.2, 0) is 14.8 Å². The molecule has 18 heavy (non-hydrogen) atoms. The number of nitrogens with zero attached hydrogens (tertiary/aromatic N) is 3. The summed E-state index contributed by atoms with van der Waals surface area (Å²) >= 11 is 0. The largest absolute Gasteiger partial charge is 0.375 e. The molecule has 3 heterocycles. The molecule has 2 fully saturated rings. The van der Waals surface area contributed by atoms with Gasteiger partial charge in [0.1, 0.15) is 0 Å². The number of imidazole rings is 1. The van der Waals surface area contributed by atoms with Gasteiger partial charge >= 0.3 is 0 Å². The van der Waals surface area contributed by atoms with Crippen molar-refractivity contribution in [1.29, 1.82) is 0 Å². The van der Waals surface area contributed by atoms with Crippen LogP contribution in [0, 0.1) is 0 Å². The van der Waals surface area contributed by atoms with Crippen LogP contribution in [0.2, 0.25) is 0 Å². The van der Waals surface area contributed by atoms with Gasteiger partial charge in [-0.1, -0.05) is 0 Å². The summed E-state index contributed by atoms with van der Waals surface area (Å²) in [5, 5.41) is 0.142. The van der Waals surface area contributed by atoms with Crippen molar-refractivity contribution < 1.29 is 13.2 Å². The lowest BCUT2D eigenvalue weighted by atomic mass is 10.3. The third kappa shape index (κ3) is 1.77. The van der Waals surface area contributed by atoms with E-state index in [0.29, 0.717) is 13.2 Å². The Kier molecular flexibility index (Phi) is 2.72. The molecule has 0 saturated carbocycles. The van der Waals surface area contributed by atoms with Gasteiger partial charge in [-0.05, 0) is 20.3 Å². The average molecular weight is 271 g/mol. The Bertz CT molecular complexity index is 552. The van der Waals surface area contributed by atoms with Crippen molar-refractivity contribution in [3.05, 3.63) is 12.5 Å². The number of sulfonamides is 1. The first-order valence-electron chi connectivity index (χ1n) is 6.15. The summed E-state index contributed by atoms with van der Waals surface area (Å²) in [6.45, 7) is 4.95. The number of aromatic nitrogens is 2. The van der Waals surface area contributed by atoms with Crippen molar-refractivity contribution in [2.75, 3.05) is 13.2 Å². The highest BCUT2D eigenvalue weighted by Crippen LogP contribution is 2.32. The fourth-order valence-corrected chi connectivity index (χ4v) is 4.09. The van der Waals surface area contributed by atoms with Crippen LogP contribution in [-0.4, -0.2) is 47.6 Å². The van der Waals surface area contributed by atoms with Crippen molar-refractivity contribution in [1.82, 2.24) is 13.9 Å². The van der Waals surface area contributed by atoms with Crippen molar-refractivity contribution in [2.24, 2.45) is 0 Å². The molecular weight excluding hydrogens is 254 g/mol. The normalized spacial score (nSPS) is 28.4. The smallest absolute Gasteiger partial charge is 0.262 e. The number of ether oxygens (including phenoxy) is 1. The third-order valence-corrected chi connectivity index (χ3v) is 5.40. The van der Waals surface area contributed by atoms with Crippen LogP contribution in [0.1, 0.15) is 26.3 Å². The predicted octanol–water partition coefficient (Wildman–Crippen LogP) is 0.626. The second-order valence-electron chi connectivity index (χ2n) is 5.17. The van der Waals surface area contributed by atoms with E-state index in [1.807, 2.05) is 13.8 Å². The summed E-state index contributed by atoms with van der Waals surface area (Å²) in [4.78, 5) is 4.03. The molecule has 2 saturated heterocycles. The molecule has 1 aromatic heterocycles. The first kappa shape index (κ1) is 12.1. The molecule has 0 amide bonds. The fraction of sp³-hybridized carbons (Fsp3) is 0.727. The molecule has 100 valence electrons. The van der Waals surface area contributed by atoms with E-state index in [1.54, 1.807) is 17.1 Å². The van der Waals surface area contributed by atoms with E-state index in [-0.39, 0.29) is 23.2 Å². The molecule has 2 aliphatic rings. The van der Waals surface area contributed by atoms with E-state index < -0.39 is 10.0 Å². The topological polar surface area (TPSA) is 64.4 Å². The van der Waals surface area contributed by atoms with Crippen LogP contribution < -0.4 is 0 Å². The summed E-state index contributed by atoms with van der Waals surface area (Å²) in [6.07, 6.45) is 4.05. The molecule has 3 rings (SSSR count). The van der Waals surface area contributed by atoms with Crippen molar-refractivity contribution in [3.8, 4) is 0 Å². The van der Waals surface area contributed by atoms with E-state index in [1.165, 1.54) is 4.31 Å². The maximum Gasteiger partial charge on any atom is 0.262 e. The van der Waals surface area contributed by atoms with Crippen LogP contribution in [0.15, 0.2) is 17.6 Å². The minimum Gasteiger partial charge on any atom is -0.375 e. The van der Waals surface area contributed by atoms with Crippen LogP contribution in [0.25, 0.3) is 0 Å². The molecule has 2 aliphatic heterocycles. The van der Waals surface area contributed by atoms with Gasteiger partial charge in [-0.25, -0.2) is 13.4 Å². The van der Waals surface area contributed by atoms with Gasteiger partial charge in [0.05, 0.1) is 25.1 Å². The van der Waals surface area contributed by atoms with Gasteiger partial charge < -0.3 is 9.30 Å². The van der Waals surface area contributed by atoms with E-state index in [0.717, 1.165) is 6.42 Å². The zero-order chi connectivity index (χ0) is 12.9. The van der Waals surface area contributed by atoms with Gasteiger partial charge in [-0.3, -0.25) is 0 Å². The van der Waals surface area contributed by atoms with Gasteiger partial charge in [-0.2, -0.15) is 4.31 Å². The highest BCUT2D eigenvalue weighted by molar-refractivity contribution is 7.89. The number of hydrogen-bond acceptors (Lipinski definition) is 4. The van der Waals surface area contributed by atoms with Crippen molar-refractivity contribution in [3.63, 3.8) is 0 Å². The van der Waals surface area contributed by atoms with Crippen LogP contribution in [0.5, 0.6) is 0 Å². The zero-order valence-electron chi connectivity index (χ0n) is 10.5. The number of hydrogen-bond donors (Lipinski definition) is 0. The Hall–Kier alpha value is -0.920. The number of morpholine rings is 1. The summed E-state index contributed by atoms with van der Waals surface area (Å²) in [5.41, 5.74) is 0. The Morgan fingerprint density at radius 3 is 2.78 bits per heavy atom. The molecule has 0 N–H and O–H groups in total. The summed E-state index contributed by atoms with van der Waals surface area (Å²) in [5.74, 6) is 0. The average Bonchev–Trinajstić information content (AvgIpc) is 3.04. The zero-order valence-corrected chi connectivity index (χ0v) is 11.3. The molecule has 0 aromatic carbocycles. The van der Waals surface area contributed by atoms with Crippen LogP contribution in [0.3, 0.4) is 0 Å². The highest BCUT2D eigenvalue weighted by atomic mass is 32.2. The molecule has 7 heteroatoms. The van der Waals surface area contributed by atoms with Gasteiger partial charge in [0.25, 0.3) is 10.0 Å². The lowest BCUT2D eigenvalue weighted by Crippen LogP contribution is -2.41. The minimum absolute atomic E-state index is 0.0100. The molecular formula is C11H17N3O3S. The summed E-state index contributed by atoms with van der Waals surface area (Å²) < 4.78 is 33.7. The Morgan fingerprint density at radius 2 is 2.28 bits per heavy atom. The maximum atomic E-state index is 12.5. The molecule has 2 bridgehead atoms. The fourth-order valence-electron chi connectivity index (χ4n) is 2.51. The first-order valence-corrected chi connectivity index (χ1v) is 7.59. The van der Waals surface area contributed by atoms with E-state index in [9.17, 15) is 8.42 Å². The quantitative estimate of drug-likeness (QED) is 0.808. The number of rotatable bonds is 3. The molecule has 0 radical (unpaired) electrons. The Balaban J connectivity index is 1.90. The molecule has 6 nitrogen and oxygen atoms in total. The number of fused-ring (bicyclic) bond motifs is 2. The highest BCUT2D eigenvalue weighted by Gasteiger charge is 2.46. The van der Waals surface area contributed by atoms with Crippen molar-refractivity contribution in [2.45, 2.75) is 43.5 Å². The second-order valence-corrected chi connectivity index (χ2v) is 7.01. The van der Waals surface area contributed by atoms with Gasteiger partial charge in [0, 0.05) is 18.8 Å². The van der Waals surface area contributed by atoms with Gasteiger partial charge in [-0.15, -0.1) is 0 Å². The monoisotopic (exact) mass is 271 g/mol. The molecule has 2 unspecified atom stereocenters. The molecule has 0 spiro atoms. The summed E-state index contributed by atoms with van der Waals surface area (Å²) in [7, 11) is -3.46. The predicted molar refractivity (Wildman–Crippen MR) is 64.6 cm³/mol. The molecule has 1 aromatic rings. The van der Waals surface area contributed by atoms with Crippen LogP contribution in [0.4, 0.5) is 0 Å². The lowest BCUT2D eigenvalue weighted by Gasteiger charge is -2.24. The Morgan fingerprint density at radius 1 is 1.50 bits per heavy atom. The molecule has 0 aliphatic carbocycles. The molecule has 2 atom stereocenters. The lowest BCUT2D eigenvalue weighted by molar-refractivity contribution is 0.0608. The van der Waals surface area contributed by atoms with Crippen molar-refractivity contribution >= 4 is 10.0 Å². The minimum atomic E-state index is -3.46. The SMILES string of the molecule is CC(C)n1cnc(S(=O)(=O)N2CC3CC2CO3)c1. The maximum absolute atomic E-state index is 12.5. The third-order valence-electron chi connectivity index (χ3n) is 3.60. The first-order chi connectivity index (χ1) is 8.48. The Labute approximate surface area is 107 Å².